The van der Waals surface area contributed by atoms with Gasteiger partial charge < -0.3 is 10.6 Å². The molecule has 0 aromatic carbocycles. The van der Waals surface area contributed by atoms with Gasteiger partial charge in [-0.05, 0) is 44.7 Å². The number of rotatable bonds is 4. The Bertz CT molecular complexity index is 417. The summed E-state index contributed by atoms with van der Waals surface area (Å²) >= 11 is 0. The molecule has 5 heteroatoms. The van der Waals surface area contributed by atoms with Crippen molar-refractivity contribution in [2.45, 2.75) is 39.3 Å². The van der Waals surface area contributed by atoms with E-state index in [0.717, 1.165) is 19.6 Å². The second kappa shape index (κ2) is 5.71. The van der Waals surface area contributed by atoms with Crippen molar-refractivity contribution in [1.29, 1.82) is 5.26 Å². The maximum Gasteiger partial charge on any atom is 0.235 e. The third-order valence-corrected chi connectivity index (χ3v) is 5.19. The van der Waals surface area contributed by atoms with Gasteiger partial charge in [0.15, 0.2) is 0 Å². The zero-order valence-electron chi connectivity index (χ0n) is 12.9. The normalized spacial score (nSPS) is 32.7. The van der Waals surface area contributed by atoms with Gasteiger partial charge in [-0.3, -0.25) is 9.69 Å². The maximum atomic E-state index is 12.2. The minimum atomic E-state index is -0.780. The van der Waals surface area contributed by atoms with Gasteiger partial charge in [-0.15, -0.1) is 0 Å². The maximum absolute atomic E-state index is 12.2. The zero-order valence-corrected chi connectivity index (χ0v) is 12.9. The first-order valence-corrected chi connectivity index (χ1v) is 7.54. The van der Waals surface area contributed by atoms with Crippen LogP contribution in [0.1, 0.15) is 27.7 Å². The summed E-state index contributed by atoms with van der Waals surface area (Å²) in [7, 11) is 0. The first kappa shape index (κ1) is 15.3. The second-order valence-corrected chi connectivity index (χ2v) is 6.77. The van der Waals surface area contributed by atoms with E-state index in [4.69, 9.17) is 0 Å². The van der Waals surface area contributed by atoms with Gasteiger partial charge in [-0.2, -0.15) is 5.26 Å². The lowest BCUT2D eigenvalue weighted by molar-refractivity contribution is -0.124. The molecule has 2 saturated heterocycles. The Morgan fingerprint density at radius 1 is 1.55 bits per heavy atom. The number of nitriles is 1. The molecule has 20 heavy (non-hydrogen) atoms. The molecule has 2 heterocycles. The predicted molar refractivity (Wildman–Crippen MR) is 77.9 cm³/mol. The van der Waals surface area contributed by atoms with Gasteiger partial charge >= 0.3 is 0 Å². The van der Waals surface area contributed by atoms with E-state index in [2.05, 4.69) is 28.5 Å². The van der Waals surface area contributed by atoms with E-state index >= 15 is 0 Å². The number of carbonyl (C=O) groups is 1. The summed E-state index contributed by atoms with van der Waals surface area (Å²) in [5, 5.41) is 15.6. The number of hydrogen-bond acceptors (Lipinski definition) is 4. The van der Waals surface area contributed by atoms with Crippen LogP contribution >= 0.6 is 0 Å². The van der Waals surface area contributed by atoms with Gasteiger partial charge in [-0.25, -0.2) is 0 Å². The van der Waals surface area contributed by atoms with Crippen LogP contribution in [0.3, 0.4) is 0 Å². The Hall–Kier alpha value is -1.12. The number of likely N-dealkylation sites (tertiary alicyclic amines) is 1. The Morgan fingerprint density at radius 3 is 2.80 bits per heavy atom. The first-order valence-electron chi connectivity index (χ1n) is 7.54. The smallest absolute Gasteiger partial charge is 0.235 e. The monoisotopic (exact) mass is 278 g/mol. The zero-order chi connectivity index (χ0) is 14.9. The standard InChI is InChI=1S/C15H26N4O/c1-10(2)15(4,9-16)18-14(20)8-19-7-12-5-17-6-13(12)11(19)3/h10-13,17H,5-8H2,1-4H3,(H,18,20). The van der Waals surface area contributed by atoms with Gasteiger partial charge in [0.05, 0.1) is 12.6 Å². The summed E-state index contributed by atoms with van der Waals surface area (Å²) in [6.45, 7) is 11.4. The number of hydrogen-bond donors (Lipinski definition) is 2. The number of nitrogens with zero attached hydrogens (tertiary/aromatic N) is 2. The van der Waals surface area contributed by atoms with Crippen molar-refractivity contribution in [3.05, 3.63) is 0 Å². The van der Waals surface area contributed by atoms with Crippen molar-refractivity contribution in [3.8, 4) is 6.07 Å². The van der Waals surface area contributed by atoms with Crippen LogP contribution in [-0.2, 0) is 4.79 Å². The lowest BCUT2D eigenvalue weighted by atomic mass is 9.90. The van der Waals surface area contributed by atoms with Crippen LogP contribution in [0.15, 0.2) is 0 Å². The van der Waals surface area contributed by atoms with E-state index in [1.807, 2.05) is 13.8 Å². The van der Waals surface area contributed by atoms with Crippen LogP contribution in [-0.4, -0.2) is 48.6 Å². The van der Waals surface area contributed by atoms with Crippen LogP contribution in [0.5, 0.6) is 0 Å². The molecule has 5 nitrogen and oxygen atoms in total. The lowest BCUT2D eigenvalue weighted by Crippen LogP contribution is -2.52. The summed E-state index contributed by atoms with van der Waals surface area (Å²) < 4.78 is 0. The van der Waals surface area contributed by atoms with Crippen LogP contribution < -0.4 is 10.6 Å². The minimum Gasteiger partial charge on any atom is -0.337 e. The molecule has 0 spiro atoms. The van der Waals surface area contributed by atoms with Crippen molar-refractivity contribution in [2.75, 3.05) is 26.2 Å². The molecule has 2 N–H and O–H groups in total. The summed E-state index contributed by atoms with van der Waals surface area (Å²) in [4.78, 5) is 14.5. The Morgan fingerprint density at radius 2 is 2.25 bits per heavy atom. The molecule has 2 rings (SSSR count). The molecule has 1 amide bonds. The van der Waals surface area contributed by atoms with Crippen LogP contribution in [0.2, 0.25) is 0 Å². The highest BCUT2D eigenvalue weighted by Crippen LogP contribution is 2.31. The van der Waals surface area contributed by atoms with E-state index in [-0.39, 0.29) is 11.8 Å². The fourth-order valence-corrected chi connectivity index (χ4v) is 3.28. The molecule has 0 aromatic rings. The highest BCUT2D eigenvalue weighted by Gasteiger charge is 2.42. The second-order valence-electron chi connectivity index (χ2n) is 6.77. The summed E-state index contributed by atoms with van der Waals surface area (Å²) in [6.07, 6.45) is 0. The number of nitrogens with one attached hydrogen (secondary N) is 2. The van der Waals surface area contributed by atoms with E-state index in [9.17, 15) is 10.1 Å². The Kier molecular flexibility index (Phi) is 4.36. The molecule has 0 aliphatic carbocycles. The molecule has 0 aromatic heterocycles. The first-order chi connectivity index (χ1) is 9.37. The Balaban J connectivity index is 1.91. The number of amides is 1. The largest absolute Gasteiger partial charge is 0.337 e. The molecule has 2 aliphatic rings. The molecule has 2 fully saturated rings. The quantitative estimate of drug-likeness (QED) is 0.789. The highest BCUT2D eigenvalue weighted by molar-refractivity contribution is 5.79. The topological polar surface area (TPSA) is 68.2 Å². The Labute approximate surface area is 121 Å². The van der Waals surface area contributed by atoms with Crippen molar-refractivity contribution < 1.29 is 4.79 Å². The van der Waals surface area contributed by atoms with Crippen molar-refractivity contribution in [1.82, 2.24) is 15.5 Å². The number of fused-ring (bicyclic) bond motifs is 1. The molecular formula is C15H26N4O. The molecule has 2 aliphatic heterocycles. The highest BCUT2D eigenvalue weighted by atomic mass is 16.2. The van der Waals surface area contributed by atoms with E-state index in [1.54, 1.807) is 6.92 Å². The van der Waals surface area contributed by atoms with Gasteiger partial charge in [-0.1, -0.05) is 13.8 Å². The van der Waals surface area contributed by atoms with Gasteiger partial charge in [0, 0.05) is 12.6 Å². The third kappa shape index (κ3) is 2.82. The van der Waals surface area contributed by atoms with Gasteiger partial charge in [0.25, 0.3) is 0 Å². The molecule has 112 valence electrons. The van der Waals surface area contributed by atoms with Crippen molar-refractivity contribution >= 4 is 5.91 Å². The number of carbonyl (C=O) groups excluding carboxylic acids is 1. The van der Waals surface area contributed by atoms with Crippen LogP contribution in [0, 0.1) is 29.1 Å². The summed E-state index contributed by atoms with van der Waals surface area (Å²) in [5.74, 6) is 1.39. The van der Waals surface area contributed by atoms with E-state index < -0.39 is 5.54 Å². The van der Waals surface area contributed by atoms with Crippen molar-refractivity contribution in [3.63, 3.8) is 0 Å². The van der Waals surface area contributed by atoms with Gasteiger partial charge in [0.1, 0.15) is 5.54 Å². The fraction of sp³-hybridized carbons (Fsp3) is 0.867. The minimum absolute atomic E-state index is 0.0393. The van der Waals surface area contributed by atoms with E-state index in [0.29, 0.717) is 24.4 Å². The van der Waals surface area contributed by atoms with Gasteiger partial charge in [0.2, 0.25) is 5.91 Å². The third-order valence-electron chi connectivity index (χ3n) is 5.19. The van der Waals surface area contributed by atoms with Crippen LogP contribution in [0.25, 0.3) is 0 Å². The predicted octanol–water partition coefficient (Wildman–Crippen LogP) is 0.581. The van der Waals surface area contributed by atoms with Crippen LogP contribution in [0.4, 0.5) is 0 Å². The average molecular weight is 278 g/mol. The SMILES string of the molecule is CC1C2CNCC2CN1CC(=O)NC(C)(C#N)C(C)C. The molecular weight excluding hydrogens is 252 g/mol. The van der Waals surface area contributed by atoms with E-state index in [1.165, 1.54) is 0 Å². The molecule has 4 atom stereocenters. The fourth-order valence-electron chi connectivity index (χ4n) is 3.28. The molecule has 0 bridgehead atoms. The molecule has 4 unspecified atom stereocenters. The summed E-state index contributed by atoms with van der Waals surface area (Å²) in [5.41, 5.74) is -0.780. The molecule has 0 saturated carbocycles. The van der Waals surface area contributed by atoms with Crippen molar-refractivity contribution in [2.24, 2.45) is 17.8 Å². The average Bonchev–Trinajstić information content (AvgIpc) is 2.94. The lowest BCUT2D eigenvalue weighted by Gasteiger charge is -2.29. The molecule has 0 radical (unpaired) electrons. The summed E-state index contributed by atoms with van der Waals surface area (Å²) in [6, 6.07) is 2.66.